The minimum absolute atomic E-state index is 0.0683. The highest BCUT2D eigenvalue weighted by Crippen LogP contribution is 2.31. The van der Waals surface area contributed by atoms with E-state index >= 15 is 0 Å². The van der Waals surface area contributed by atoms with Gasteiger partial charge in [-0.05, 0) is 13.0 Å². The van der Waals surface area contributed by atoms with Crippen LogP contribution in [0.4, 0.5) is 19.0 Å². The van der Waals surface area contributed by atoms with Gasteiger partial charge < -0.3 is 10.1 Å². The molecule has 1 aromatic heterocycles. The zero-order valence-corrected chi connectivity index (χ0v) is 11.0. The summed E-state index contributed by atoms with van der Waals surface area (Å²) in [5.74, 6) is 0.256. The molecule has 0 saturated heterocycles. The third-order valence-electron chi connectivity index (χ3n) is 1.87. The lowest BCUT2D eigenvalue weighted by Gasteiger charge is -2.11. The van der Waals surface area contributed by atoms with Gasteiger partial charge in [0.15, 0.2) is 0 Å². The molecule has 0 fully saturated rings. The predicted octanol–water partition coefficient (Wildman–Crippen LogP) is 4.15. The maximum Gasteiger partial charge on any atom is 0.392 e. The fourth-order valence-electron chi connectivity index (χ4n) is 1.11. The Bertz CT molecular complexity index is 413. The van der Waals surface area contributed by atoms with Crippen molar-refractivity contribution in [2.45, 2.75) is 19.5 Å². The van der Waals surface area contributed by atoms with E-state index in [-0.39, 0.29) is 15.9 Å². The normalized spacial score (nSPS) is 11.4. The number of anilines is 1. The van der Waals surface area contributed by atoms with Crippen LogP contribution >= 0.6 is 23.2 Å². The first-order chi connectivity index (χ1) is 8.33. The van der Waals surface area contributed by atoms with Crippen molar-refractivity contribution in [2.24, 2.45) is 0 Å². The summed E-state index contributed by atoms with van der Waals surface area (Å²) in [6.45, 7) is 1.86. The van der Waals surface area contributed by atoms with Crippen molar-refractivity contribution < 1.29 is 17.9 Å². The molecule has 1 aromatic rings. The second-order valence-electron chi connectivity index (χ2n) is 3.35. The lowest BCUT2D eigenvalue weighted by molar-refractivity contribution is -0.139. The van der Waals surface area contributed by atoms with Crippen molar-refractivity contribution in [2.75, 3.05) is 18.5 Å². The minimum atomic E-state index is -4.27. The largest absolute Gasteiger partial charge is 0.476 e. The van der Waals surface area contributed by atoms with Gasteiger partial charge in [0.1, 0.15) is 10.8 Å². The molecular formula is C10H11Cl2F3N2O. The molecule has 1 rings (SSSR count). The van der Waals surface area contributed by atoms with Crippen molar-refractivity contribution in [3.05, 3.63) is 16.1 Å². The standard InChI is InChI=1S/C10H11Cl2F3N2O/c1-2-16-8-6(11)5-7(12)9(17-8)18-4-3-10(13,14)15/h5H,2-4H2,1H3,(H,16,17). The molecule has 0 aromatic carbocycles. The molecular weight excluding hydrogens is 292 g/mol. The van der Waals surface area contributed by atoms with E-state index in [0.29, 0.717) is 12.4 Å². The molecule has 0 spiro atoms. The van der Waals surface area contributed by atoms with Crippen molar-refractivity contribution in [1.29, 1.82) is 0 Å². The predicted molar refractivity (Wildman–Crippen MR) is 64.6 cm³/mol. The second kappa shape index (κ2) is 6.33. The van der Waals surface area contributed by atoms with Gasteiger partial charge in [0, 0.05) is 6.54 Å². The summed E-state index contributed by atoms with van der Waals surface area (Å²) in [4.78, 5) is 3.92. The van der Waals surface area contributed by atoms with Crippen LogP contribution in [0.5, 0.6) is 5.88 Å². The number of aromatic nitrogens is 1. The molecule has 1 heterocycles. The van der Waals surface area contributed by atoms with E-state index in [2.05, 4.69) is 10.3 Å². The number of halogens is 5. The van der Waals surface area contributed by atoms with Gasteiger partial charge in [-0.15, -0.1) is 0 Å². The lowest BCUT2D eigenvalue weighted by atomic mass is 10.4. The number of hydrogen-bond acceptors (Lipinski definition) is 3. The van der Waals surface area contributed by atoms with Gasteiger partial charge in [0.25, 0.3) is 0 Å². The number of nitrogens with zero attached hydrogens (tertiary/aromatic N) is 1. The number of nitrogens with one attached hydrogen (secondary N) is 1. The minimum Gasteiger partial charge on any atom is -0.476 e. The van der Waals surface area contributed by atoms with Crippen molar-refractivity contribution >= 4 is 29.0 Å². The van der Waals surface area contributed by atoms with Crippen LogP contribution in [0.15, 0.2) is 6.07 Å². The summed E-state index contributed by atoms with van der Waals surface area (Å²) >= 11 is 11.6. The highest BCUT2D eigenvalue weighted by atomic mass is 35.5. The Morgan fingerprint density at radius 1 is 1.33 bits per heavy atom. The molecule has 18 heavy (non-hydrogen) atoms. The third-order valence-corrected chi connectivity index (χ3v) is 2.42. The van der Waals surface area contributed by atoms with Gasteiger partial charge in [0.2, 0.25) is 5.88 Å². The van der Waals surface area contributed by atoms with Gasteiger partial charge in [-0.3, -0.25) is 0 Å². The molecule has 0 amide bonds. The molecule has 0 unspecified atom stereocenters. The molecule has 0 aliphatic carbocycles. The molecule has 0 saturated carbocycles. The second-order valence-corrected chi connectivity index (χ2v) is 4.16. The van der Waals surface area contributed by atoms with E-state index < -0.39 is 19.2 Å². The monoisotopic (exact) mass is 302 g/mol. The van der Waals surface area contributed by atoms with Gasteiger partial charge in [-0.2, -0.15) is 18.2 Å². The van der Waals surface area contributed by atoms with Crippen molar-refractivity contribution in [3.8, 4) is 5.88 Å². The average Bonchev–Trinajstić information content (AvgIpc) is 2.23. The summed E-state index contributed by atoms with van der Waals surface area (Å²) in [5, 5.41) is 3.20. The topological polar surface area (TPSA) is 34.2 Å². The van der Waals surface area contributed by atoms with Crippen LogP contribution in [-0.2, 0) is 0 Å². The Hall–Kier alpha value is -0.880. The molecule has 8 heteroatoms. The fraction of sp³-hybridized carbons (Fsp3) is 0.500. The number of hydrogen-bond donors (Lipinski definition) is 1. The molecule has 0 atom stereocenters. The van der Waals surface area contributed by atoms with Crippen LogP contribution in [0.1, 0.15) is 13.3 Å². The molecule has 0 radical (unpaired) electrons. The first-order valence-corrected chi connectivity index (χ1v) is 5.88. The smallest absolute Gasteiger partial charge is 0.392 e. The Morgan fingerprint density at radius 2 is 2.00 bits per heavy atom. The number of pyridine rings is 1. The summed E-state index contributed by atoms with van der Waals surface area (Å²) in [6.07, 6.45) is -5.34. The number of ether oxygens (including phenoxy) is 1. The molecule has 0 bridgehead atoms. The maximum atomic E-state index is 12.0. The Morgan fingerprint density at radius 3 is 2.56 bits per heavy atom. The highest BCUT2D eigenvalue weighted by Gasteiger charge is 2.27. The van der Waals surface area contributed by atoms with E-state index in [0.717, 1.165) is 0 Å². The van der Waals surface area contributed by atoms with E-state index in [1.807, 2.05) is 6.92 Å². The highest BCUT2D eigenvalue weighted by molar-refractivity contribution is 6.36. The SMILES string of the molecule is CCNc1nc(OCCC(F)(F)F)c(Cl)cc1Cl. The van der Waals surface area contributed by atoms with E-state index in [9.17, 15) is 13.2 Å². The van der Waals surface area contributed by atoms with Crippen LogP contribution in [0, 0.1) is 0 Å². The van der Waals surface area contributed by atoms with Gasteiger partial charge >= 0.3 is 6.18 Å². The fourth-order valence-corrected chi connectivity index (χ4v) is 1.59. The summed E-state index contributed by atoms with van der Waals surface area (Å²) < 4.78 is 40.8. The van der Waals surface area contributed by atoms with E-state index in [1.165, 1.54) is 6.07 Å². The van der Waals surface area contributed by atoms with Crippen molar-refractivity contribution in [3.63, 3.8) is 0 Å². The van der Waals surface area contributed by atoms with Crippen molar-refractivity contribution in [1.82, 2.24) is 4.98 Å². The summed E-state index contributed by atoms with van der Waals surface area (Å²) in [6, 6.07) is 1.37. The Kier molecular flexibility index (Phi) is 5.34. The zero-order valence-electron chi connectivity index (χ0n) is 9.44. The van der Waals surface area contributed by atoms with Crippen LogP contribution in [0.2, 0.25) is 10.0 Å². The Labute approximate surface area is 112 Å². The van der Waals surface area contributed by atoms with Crippen LogP contribution in [-0.4, -0.2) is 24.3 Å². The molecule has 3 nitrogen and oxygen atoms in total. The van der Waals surface area contributed by atoms with Gasteiger partial charge in [-0.1, -0.05) is 23.2 Å². The van der Waals surface area contributed by atoms with Gasteiger partial charge in [-0.25, -0.2) is 0 Å². The molecule has 102 valence electrons. The van der Waals surface area contributed by atoms with Crippen LogP contribution < -0.4 is 10.1 Å². The van der Waals surface area contributed by atoms with Gasteiger partial charge in [0.05, 0.1) is 18.1 Å². The van der Waals surface area contributed by atoms with E-state index in [4.69, 9.17) is 27.9 Å². The maximum absolute atomic E-state index is 12.0. The first kappa shape index (κ1) is 15.2. The van der Waals surface area contributed by atoms with E-state index in [1.54, 1.807) is 0 Å². The van der Waals surface area contributed by atoms with Crippen LogP contribution in [0.25, 0.3) is 0 Å². The first-order valence-electron chi connectivity index (χ1n) is 5.13. The quantitative estimate of drug-likeness (QED) is 0.887. The summed E-state index contributed by atoms with van der Waals surface area (Å²) in [5.41, 5.74) is 0. The van der Waals surface area contributed by atoms with Crippen LogP contribution in [0.3, 0.4) is 0 Å². The summed E-state index contributed by atoms with van der Waals surface area (Å²) in [7, 11) is 0. The zero-order chi connectivity index (χ0) is 13.8. The average molecular weight is 303 g/mol. The lowest BCUT2D eigenvalue weighted by Crippen LogP contribution is -2.14. The Balaban J connectivity index is 2.73. The third kappa shape index (κ3) is 4.78. The number of alkyl halides is 3. The molecule has 0 aliphatic heterocycles. The molecule has 0 aliphatic rings. The molecule has 1 N–H and O–H groups in total. The number of rotatable bonds is 5.